The molecule has 9 nitrogen and oxygen atoms in total. The summed E-state index contributed by atoms with van der Waals surface area (Å²) in [4.78, 5) is 34.2. The van der Waals surface area contributed by atoms with Gasteiger partial charge < -0.3 is 28.8 Å². The van der Waals surface area contributed by atoms with Gasteiger partial charge in [0.1, 0.15) is 24.0 Å². The second kappa shape index (κ2) is 8.49. The van der Waals surface area contributed by atoms with Crippen LogP contribution in [0.3, 0.4) is 0 Å². The molecule has 31 heavy (non-hydrogen) atoms. The van der Waals surface area contributed by atoms with Gasteiger partial charge in [-0.2, -0.15) is 0 Å². The van der Waals surface area contributed by atoms with E-state index in [9.17, 15) is 9.59 Å². The van der Waals surface area contributed by atoms with Crippen molar-refractivity contribution >= 4 is 28.7 Å². The molecule has 1 aliphatic heterocycles. The largest absolute Gasteiger partial charge is 0.497 e. The average Bonchev–Trinajstić information content (AvgIpc) is 3.26. The lowest BCUT2D eigenvalue weighted by molar-refractivity contribution is -0.140. The number of imidazole rings is 1. The highest BCUT2D eigenvalue weighted by molar-refractivity contribution is 6.03. The Hall–Kier alpha value is -3.85. The number of rotatable bonds is 5. The number of nitrogens with one attached hydrogen (secondary N) is 1. The number of aromatic nitrogens is 2. The standard InChI is InChI=1S/C22H21N3O6/c1-28-15-6-4-5-13(9-15)20-23-17-8-7-14(10-18(17)24-20)25-12-31-11-16(21(26)29-2)19(25)22(27)30-3/h4-10H,11-12H2,1-3H3,(H,23,24). The Kier molecular flexibility index (Phi) is 5.59. The second-order valence-corrected chi connectivity index (χ2v) is 6.73. The van der Waals surface area contributed by atoms with Crippen molar-refractivity contribution < 1.29 is 28.5 Å². The Balaban J connectivity index is 1.76. The molecular weight excluding hydrogens is 402 g/mol. The van der Waals surface area contributed by atoms with E-state index in [2.05, 4.69) is 9.97 Å². The highest BCUT2D eigenvalue weighted by Gasteiger charge is 2.32. The predicted octanol–water partition coefficient (Wildman–Crippen LogP) is 2.63. The molecule has 2 aromatic carbocycles. The van der Waals surface area contributed by atoms with Crippen molar-refractivity contribution in [3.63, 3.8) is 0 Å². The zero-order valence-corrected chi connectivity index (χ0v) is 17.3. The molecule has 1 N–H and O–H groups in total. The third kappa shape index (κ3) is 3.82. The van der Waals surface area contributed by atoms with Gasteiger partial charge in [-0.3, -0.25) is 0 Å². The maximum Gasteiger partial charge on any atom is 0.355 e. The molecule has 160 valence electrons. The Labute approximate surface area is 178 Å². The molecule has 1 aromatic heterocycles. The molecule has 4 rings (SSSR count). The van der Waals surface area contributed by atoms with Crippen LogP contribution in [0.4, 0.5) is 5.69 Å². The molecule has 0 amide bonds. The fourth-order valence-corrected chi connectivity index (χ4v) is 3.42. The van der Waals surface area contributed by atoms with Gasteiger partial charge in [-0.1, -0.05) is 12.1 Å². The van der Waals surface area contributed by atoms with Gasteiger partial charge in [0.05, 0.1) is 44.5 Å². The highest BCUT2D eigenvalue weighted by Crippen LogP contribution is 2.30. The molecule has 0 spiro atoms. The summed E-state index contributed by atoms with van der Waals surface area (Å²) in [6.07, 6.45) is 0. The average molecular weight is 423 g/mol. The lowest BCUT2D eigenvalue weighted by atomic mass is 10.1. The molecule has 3 aromatic rings. The number of hydrogen-bond donors (Lipinski definition) is 1. The predicted molar refractivity (Wildman–Crippen MR) is 112 cm³/mol. The molecule has 2 heterocycles. The zero-order valence-electron chi connectivity index (χ0n) is 17.3. The molecule has 0 atom stereocenters. The van der Waals surface area contributed by atoms with Crippen molar-refractivity contribution in [3.05, 3.63) is 53.7 Å². The number of nitrogens with zero attached hydrogens (tertiary/aromatic N) is 2. The van der Waals surface area contributed by atoms with Gasteiger partial charge in [-0.25, -0.2) is 14.6 Å². The van der Waals surface area contributed by atoms with E-state index in [1.807, 2.05) is 36.4 Å². The number of fused-ring (bicyclic) bond motifs is 1. The van der Waals surface area contributed by atoms with Gasteiger partial charge in [-0.05, 0) is 30.3 Å². The van der Waals surface area contributed by atoms with E-state index in [0.717, 1.165) is 22.3 Å². The molecule has 0 radical (unpaired) electrons. The Bertz CT molecular complexity index is 1180. The van der Waals surface area contributed by atoms with E-state index in [4.69, 9.17) is 18.9 Å². The second-order valence-electron chi connectivity index (χ2n) is 6.73. The topological polar surface area (TPSA) is 103 Å². The monoisotopic (exact) mass is 423 g/mol. The minimum absolute atomic E-state index is 0.0418. The van der Waals surface area contributed by atoms with Gasteiger partial charge in [-0.15, -0.1) is 0 Å². The van der Waals surface area contributed by atoms with Gasteiger partial charge in [0.2, 0.25) is 0 Å². The van der Waals surface area contributed by atoms with Crippen molar-refractivity contribution in [2.24, 2.45) is 0 Å². The summed E-state index contributed by atoms with van der Waals surface area (Å²) in [5.41, 5.74) is 3.20. The van der Waals surface area contributed by atoms with E-state index in [1.54, 1.807) is 18.1 Å². The minimum Gasteiger partial charge on any atom is -0.497 e. The minimum atomic E-state index is -0.648. The lowest BCUT2D eigenvalue weighted by Gasteiger charge is -2.31. The molecule has 0 saturated heterocycles. The highest BCUT2D eigenvalue weighted by atomic mass is 16.5. The third-order valence-corrected chi connectivity index (χ3v) is 4.95. The quantitative estimate of drug-likeness (QED) is 0.625. The fraction of sp³-hybridized carbons (Fsp3) is 0.227. The number of carbonyl (C=O) groups excluding carboxylic acids is 2. The summed E-state index contributed by atoms with van der Waals surface area (Å²) >= 11 is 0. The SMILES string of the molecule is COC(=O)C1=C(C(=O)OC)N(c2ccc3nc(-c4cccc(OC)c4)[nH]c3c2)COC1. The first kappa shape index (κ1) is 20.4. The van der Waals surface area contributed by atoms with Crippen LogP contribution < -0.4 is 9.64 Å². The number of carbonyl (C=O) groups is 2. The summed E-state index contributed by atoms with van der Waals surface area (Å²) < 4.78 is 20.5. The maximum absolute atomic E-state index is 12.5. The van der Waals surface area contributed by atoms with E-state index in [1.165, 1.54) is 14.2 Å². The first-order chi connectivity index (χ1) is 15.0. The van der Waals surface area contributed by atoms with Crippen molar-refractivity contribution in [2.75, 3.05) is 39.6 Å². The van der Waals surface area contributed by atoms with Crippen LogP contribution in [0.5, 0.6) is 5.75 Å². The summed E-state index contributed by atoms with van der Waals surface area (Å²) in [6, 6.07) is 13.0. The van der Waals surface area contributed by atoms with Crippen LogP contribution in [0.1, 0.15) is 0 Å². The van der Waals surface area contributed by atoms with E-state index < -0.39 is 11.9 Å². The van der Waals surface area contributed by atoms with Crippen molar-refractivity contribution in [1.82, 2.24) is 9.97 Å². The van der Waals surface area contributed by atoms with Gasteiger partial charge in [0, 0.05) is 11.3 Å². The molecule has 0 saturated carbocycles. The maximum atomic E-state index is 12.5. The molecule has 0 fully saturated rings. The molecular formula is C22H21N3O6. The molecule has 0 bridgehead atoms. The Morgan fingerprint density at radius 2 is 1.87 bits per heavy atom. The van der Waals surface area contributed by atoms with Crippen LogP contribution in [-0.4, -0.2) is 56.6 Å². The van der Waals surface area contributed by atoms with E-state index in [0.29, 0.717) is 11.5 Å². The number of esters is 2. The van der Waals surface area contributed by atoms with Crippen LogP contribution in [0.25, 0.3) is 22.4 Å². The van der Waals surface area contributed by atoms with Crippen LogP contribution in [-0.2, 0) is 23.8 Å². The first-order valence-electron chi connectivity index (χ1n) is 9.45. The molecule has 0 unspecified atom stereocenters. The van der Waals surface area contributed by atoms with Crippen molar-refractivity contribution in [1.29, 1.82) is 0 Å². The Morgan fingerprint density at radius 1 is 1.06 bits per heavy atom. The zero-order chi connectivity index (χ0) is 22.0. The van der Waals surface area contributed by atoms with E-state index in [-0.39, 0.29) is 24.6 Å². The molecule has 1 aliphatic rings. The number of aromatic amines is 1. The van der Waals surface area contributed by atoms with E-state index >= 15 is 0 Å². The number of hydrogen-bond acceptors (Lipinski definition) is 8. The van der Waals surface area contributed by atoms with Gasteiger partial charge >= 0.3 is 11.9 Å². The molecule has 9 heteroatoms. The molecule has 0 aliphatic carbocycles. The van der Waals surface area contributed by atoms with Crippen LogP contribution in [0.2, 0.25) is 0 Å². The summed E-state index contributed by atoms with van der Waals surface area (Å²) in [5, 5.41) is 0. The van der Waals surface area contributed by atoms with Gasteiger partial charge in [0.15, 0.2) is 0 Å². The number of ether oxygens (including phenoxy) is 4. The normalized spacial score (nSPS) is 14.0. The van der Waals surface area contributed by atoms with Crippen molar-refractivity contribution in [3.8, 4) is 17.1 Å². The fourth-order valence-electron chi connectivity index (χ4n) is 3.42. The van der Waals surface area contributed by atoms with Crippen LogP contribution in [0.15, 0.2) is 53.7 Å². The van der Waals surface area contributed by atoms with Crippen LogP contribution in [0, 0.1) is 0 Å². The number of anilines is 1. The summed E-state index contributed by atoms with van der Waals surface area (Å²) in [6.45, 7) is 0.0349. The van der Waals surface area contributed by atoms with Crippen LogP contribution >= 0.6 is 0 Å². The Morgan fingerprint density at radius 3 is 2.61 bits per heavy atom. The first-order valence-corrected chi connectivity index (χ1v) is 9.45. The number of benzene rings is 2. The smallest absolute Gasteiger partial charge is 0.355 e. The number of methoxy groups -OCH3 is 3. The third-order valence-electron chi connectivity index (χ3n) is 4.95. The van der Waals surface area contributed by atoms with Crippen molar-refractivity contribution in [2.45, 2.75) is 0 Å². The summed E-state index contributed by atoms with van der Waals surface area (Å²) in [7, 11) is 4.12. The lowest BCUT2D eigenvalue weighted by Crippen LogP contribution is -2.38. The van der Waals surface area contributed by atoms with Gasteiger partial charge in [0.25, 0.3) is 0 Å². The summed E-state index contributed by atoms with van der Waals surface area (Å²) in [5.74, 6) is 0.116. The number of H-pyrrole nitrogens is 1.